The predicted octanol–water partition coefficient (Wildman–Crippen LogP) is 1.05. The molecular formula is C17H22FN3O5S. The van der Waals surface area contributed by atoms with Crippen molar-refractivity contribution in [3.8, 4) is 0 Å². The highest BCUT2D eigenvalue weighted by atomic mass is 32.2. The molecule has 10 heteroatoms. The van der Waals surface area contributed by atoms with Gasteiger partial charge in [0, 0.05) is 39.3 Å². The molecule has 0 saturated carbocycles. The third kappa shape index (κ3) is 4.22. The number of hydrogen-bond acceptors (Lipinski definition) is 4. The van der Waals surface area contributed by atoms with Crippen LogP contribution >= 0.6 is 0 Å². The maximum Gasteiger partial charge on any atom is 0.320 e. The van der Waals surface area contributed by atoms with Gasteiger partial charge in [0.2, 0.25) is 10.0 Å². The summed E-state index contributed by atoms with van der Waals surface area (Å²) in [5, 5.41) is 9.03. The Kier molecular flexibility index (Phi) is 5.66. The molecule has 27 heavy (non-hydrogen) atoms. The molecule has 1 aromatic carbocycles. The van der Waals surface area contributed by atoms with E-state index in [0.717, 1.165) is 6.07 Å². The van der Waals surface area contributed by atoms with Gasteiger partial charge in [-0.3, -0.25) is 4.79 Å². The van der Waals surface area contributed by atoms with Crippen molar-refractivity contribution in [3.63, 3.8) is 0 Å². The monoisotopic (exact) mass is 399 g/mol. The number of urea groups is 1. The zero-order valence-corrected chi connectivity index (χ0v) is 15.6. The minimum Gasteiger partial charge on any atom is -0.481 e. The molecule has 0 aromatic heterocycles. The molecule has 0 radical (unpaired) electrons. The number of piperazine rings is 1. The number of benzene rings is 1. The molecular weight excluding hydrogens is 377 g/mol. The standard InChI is InChI=1S/C17H22FN3O5S/c18-14-2-1-3-15(12-14)27(25,26)21-10-8-20(9-11-21)17(24)19-6-4-13(5-7-19)16(22)23/h1-3,12-13H,4-11H2,(H,22,23). The Morgan fingerprint density at radius 1 is 1.00 bits per heavy atom. The van der Waals surface area contributed by atoms with Crippen LogP contribution in [-0.4, -0.2) is 78.9 Å². The lowest BCUT2D eigenvalue weighted by atomic mass is 9.97. The van der Waals surface area contributed by atoms with Crippen LogP contribution in [0.25, 0.3) is 0 Å². The first-order chi connectivity index (χ1) is 12.8. The molecule has 2 saturated heterocycles. The van der Waals surface area contributed by atoms with Crippen molar-refractivity contribution in [2.45, 2.75) is 17.7 Å². The summed E-state index contributed by atoms with van der Waals surface area (Å²) in [5.41, 5.74) is 0. The number of rotatable bonds is 3. The van der Waals surface area contributed by atoms with Gasteiger partial charge in [0.15, 0.2) is 0 Å². The van der Waals surface area contributed by atoms with Crippen molar-refractivity contribution >= 4 is 22.0 Å². The van der Waals surface area contributed by atoms with E-state index >= 15 is 0 Å². The predicted molar refractivity (Wildman–Crippen MR) is 94.1 cm³/mol. The number of nitrogens with zero attached hydrogens (tertiary/aromatic N) is 3. The normalized spacial score (nSPS) is 19.9. The fourth-order valence-electron chi connectivity index (χ4n) is 3.41. The first-order valence-corrected chi connectivity index (χ1v) is 10.3. The Bertz CT molecular complexity index is 816. The molecule has 2 heterocycles. The maximum atomic E-state index is 13.3. The molecule has 0 unspecified atom stereocenters. The molecule has 1 aromatic rings. The summed E-state index contributed by atoms with van der Waals surface area (Å²) in [4.78, 5) is 26.7. The molecule has 2 aliphatic rings. The number of amides is 2. The number of carboxylic acid groups (broad SMARTS) is 1. The Hall–Kier alpha value is -2.20. The van der Waals surface area contributed by atoms with Crippen LogP contribution in [-0.2, 0) is 14.8 Å². The Balaban J connectivity index is 1.57. The molecule has 3 rings (SSSR count). The van der Waals surface area contributed by atoms with E-state index in [0.29, 0.717) is 25.9 Å². The quantitative estimate of drug-likeness (QED) is 0.819. The van der Waals surface area contributed by atoms with E-state index in [2.05, 4.69) is 0 Å². The topological polar surface area (TPSA) is 98.2 Å². The Morgan fingerprint density at radius 3 is 2.15 bits per heavy atom. The van der Waals surface area contributed by atoms with Crippen LogP contribution in [0.5, 0.6) is 0 Å². The lowest BCUT2D eigenvalue weighted by Crippen LogP contribution is -2.55. The molecule has 8 nitrogen and oxygen atoms in total. The molecule has 0 spiro atoms. The maximum absolute atomic E-state index is 13.3. The SMILES string of the molecule is O=C(O)C1CCN(C(=O)N2CCN(S(=O)(=O)c3cccc(F)c3)CC2)CC1. The number of sulfonamides is 1. The number of halogens is 1. The molecule has 148 valence electrons. The number of carbonyl (C=O) groups excluding carboxylic acids is 1. The average Bonchev–Trinajstić information content (AvgIpc) is 2.67. The highest BCUT2D eigenvalue weighted by Crippen LogP contribution is 2.21. The largest absolute Gasteiger partial charge is 0.481 e. The fraction of sp³-hybridized carbons (Fsp3) is 0.529. The minimum absolute atomic E-state index is 0.0991. The van der Waals surface area contributed by atoms with E-state index in [-0.39, 0.29) is 37.1 Å². The van der Waals surface area contributed by atoms with E-state index in [1.54, 1.807) is 9.80 Å². The zero-order valence-electron chi connectivity index (χ0n) is 14.8. The lowest BCUT2D eigenvalue weighted by molar-refractivity contribution is -0.143. The second-order valence-corrected chi connectivity index (χ2v) is 8.67. The molecule has 0 bridgehead atoms. The van der Waals surface area contributed by atoms with Crippen LogP contribution < -0.4 is 0 Å². The second kappa shape index (κ2) is 7.81. The second-order valence-electron chi connectivity index (χ2n) is 6.73. The van der Waals surface area contributed by atoms with Crippen LogP contribution in [0.4, 0.5) is 9.18 Å². The van der Waals surface area contributed by atoms with Crippen LogP contribution in [0, 0.1) is 11.7 Å². The first-order valence-electron chi connectivity index (χ1n) is 8.81. The summed E-state index contributed by atoms with van der Waals surface area (Å²) in [6.07, 6.45) is 0.851. The number of carbonyl (C=O) groups is 2. The Morgan fingerprint density at radius 2 is 1.59 bits per heavy atom. The van der Waals surface area contributed by atoms with E-state index in [1.807, 2.05) is 0 Å². The van der Waals surface area contributed by atoms with Crippen molar-refractivity contribution in [2.24, 2.45) is 5.92 Å². The number of likely N-dealkylation sites (tertiary alicyclic amines) is 1. The van der Waals surface area contributed by atoms with Crippen LogP contribution in [0.15, 0.2) is 29.2 Å². The van der Waals surface area contributed by atoms with E-state index in [1.165, 1.54) is 22.5 Å². The summed E-state index contributed by atoms with van der Waals surface area (Å²) >= 11 is 0. The Labute approximate surface area is 157 Å². The van der Waals surface area contributed by atoms with Gasteiger partial charge in [-0.25, -0.2) is 17.6 Å². The molecule has 2 fully saturated rings. The van der Waals surface area contributed by atoms with Gasteiger partial charge >= 0.3 is 12.0 Å². The molecule has 0 atom stereocenters. The van der Waals surface area contributed by atoms with Crippen molar-refractivity contribution in [2.75, 3.05) is 39.3 Å². The fourth-order valence-corrected chi connectivity index (χ4v) is 4.87. The van der Waals surface area contributed by atoms with E-state index in [9.17, 15) is 22.4 Å². The van der Waals surface area contributed by atoms with Gasteiger partial charge in [0.1, 0.15) is 5.82 Å². The minimum atomic E-state index is -3.80. The van der Waals surface area contributed by atoms with E-state index in [4.69, 9.17) is 5.11 Å². The highest BCUT2D eigenvalue weighted by Gasteiger charge is 2.33. The van der Waals surface area contributed by atoms with Crippen molar-refractivity contribution in [1.82, 2.24) is 14.1 Å². The molecule has 2 aliphatic heterocycles. The summed E-state index contributed by atoms with van der Waals surface area (Å²) in [5.74, 6) is -1.87. The van der Waals surface area contributed by atoms with Crippen LogP contribution in [0.2, 0.25) is 0 Å². The molecule has 0 aliphatic carbocycles. The van der Waals surface area contributed by atoms with Gasteiger partial charge in [-0.05, 0) is 31.0 Å². The third-order valence-corrected chi connectivity index (χ3v) is 6.95. The van der Waals surface area contributed by atoms with Gasteiger partial charge in [-0.15, -0.1) is 0 Å². The number of carboxylic acids is 1. The zero-order chi connectivity index (χ0) is 19.6. The number of piperidine rings is 1. The smallest absolute Gasteiger partial charge is 0.320 e. The van der Waals surface area contributed by atoms with Crippen molar-refractivity contribution in [1.29, 1.82) is 0 Å². The molecule has 2 amide bonds. The van der Waals surface area contributed by atoms with Gasteiger partial charge in [0.25, 0.3) is 0 Å². The average molecular weight is 399 g/mol. The van der Waals surface area contributed by atoms with Crippen molar-refractivity contribution < 1.29 is 27.5 Å². The molecule has 1 N–H and O–H groups in total. The lowest BCUT2D eigenvalue weighted by Gasteiger charge is -2.38. The number of aliphatic carboxylic acids is 1. The van der Waals surface area contributed by atoms with Gasteiger partial charge in [-0.1, -0.05) is 6.07 Å². The van der Waals surface area contributed by atoms with Gasteiger partial charge in [0.05, 0.1) is 10.8 Å². The van der Waals surface area contributed by atoms with Gasteiger partial charge < -0.3 is 14.9 Å². The summed E-state index contributed by atoms with van der Waals surface area (Å²) in [6, 6.07) is 4.68. The van der Waals surface area contributed by atoms with E-state index < -0.39 is 27.7 Å². The van der Waals surface area contributed by atoms with Crippen molar-refractivity contribution in [3.05, 3.63) is 30.1 Å². The van der Waals surface area contributed by atoms with Crippen LogP contribution in [0.3, 0.4) is 0 Å². The highest BCUT2D eigenvalue weighted by molar-refractivity contribution is 7.89. The number of hydrogen-bond donors (Lipinski definition) is 1. The third-order valence-electron chi connectivity index (χ3n) is 5.06. The van der Waals surface area contributed by atoms with Crippen LogP contribution in [0.1, 0.15) is 12.8 Å². The summed E-state index contributed by atoms with van der Waals surface area (Å²) in [6.45, 7) is 1.53. The summed E-state index contributed by atoms with van der Waals surface area (Å²) < 4.78 is 39.8. The van der Waals surface area contributed by atoms with Gasteiger partial charge in [-0.2, -0.15) is 4.31 Å². The first kappa shape index (κ1) is 19.6. The summed E-state index contributed by atoms with van der Waals surface area (Å²) in [7, 11) is -3.80.